The fourth-order valence-electron chi connectivity index (χ4n) is 2.11. The molecule has 0 aromatic carbocycles. The minimum Gasteiger partial charge on any atom is -0.380 e. The summed E-state index contributed by atoms with van der Waals surface area (Å²) in [7, 11) is 0. The minimum atomic E-state index is 0.115. The molecule has 1 aliphatic rings. The van der Waals surface area contributed by atoms with E-state index in [9.17, 15) is 0 Å². The maximum Gasteiger partial charge on any atom is 0.0982 e. The van der Waals surface area contributed by atoms with Gasteiger partial charge in [-0.2, -0.15) is 0 Å². The lowest BCUT2D eigenvalue weighted by atomic mass is 9.95. The van der Waals surface area contributed by atoms with Crippen molar-refractivity contribution in [2.75, 3.05) is 13.2 Å². The smallest absolute Gasteiger partial charge is 0.0982 e. The molecule has 2 heterocycles. The highest BCUT2D eigenvalue weighted by Gasteiger charge is 2.27. The molecule has 0 radical (unpaired) electrons. The summed E-state index contributed by atoms with van der Waals surface area (Å²) in [5.41, 5.74) is 1.42. The van der Waals surface area contributed by atoms with Gasteiger partial charge in [0.25, 0.3) is 0 Å². The first-order chi connectivity index (χ1) is 8.39. The molecule has 0 bridgehead atoms. The Morgan fingerprint density at radius 1 is 1.50 bits per heavy atom. The molecule has 1 fully saturated rings. The highest BCUT2D eigenvalue weighted by Crippen LogP contribution is 2.26. The molecule has 1 aliphatic heterocycles. The van der Waals surface area contributed by atoms with Gasteiger partial charge in [-0.1, -0.05) is 20.8 Å². The van der Waals surface area contributed by atoms with E-state index in [4.69, 9.17) is 9.72 Å². The van der Waals surface area contributed by atoms with Crippen LogP contribution in [0.1, 0.15) is 51.2 Å². The summed E-state index contributed by atoms with van der Waals surface area (Å²) in [6.07, 6.45) is 2.33. The molecule has 1 aromatic rings. The first-order valence-corrected chi connectivity index (χ1v) is 7.55. The van der Waals surface area contributed by atoms with Gasteiger partial charge in [-0.05, 0) is 19.8 Å². The molecule has 102 valence electrons. The van der Waals surface area contributed by atoms with Crippen molar-refractivity contribution < 1.29 is 4.74 Å². The van der Waals surface area contributed by atoms with Crippen molar-refractivity contribution in [3.63, 3.8) is 0 Å². The Labute approximate surface area is 114 Å². The zero-order valence-corrected chi connectivity index (χ0v) is 12.7. The molecule has 1 saturated heterocycles. The topological polar surface area (TPSA) is 34.2 Å². The quantitative estimate of drug-likeness (QED) is 0.914. The van der Waals surface area contributed by atoms with E-state index in [1.807, 2.05) is 0 Å². The van der Waals surface area contributed by atoms with Gasteiger partial charge in [0.1, 0.15) is 0 Å². The van der Waals surface area contributed by atoms with E-state index >= 15 is 0 Å². The van der Waals surface area contributed by atoms with Crippen molar-refractivity contribution in [2.45, 2.75) is 58.0 Å². The molecule has 1 aromatic heterocycles. The van der Waals surface area contributed by atoms with E-state index in [0.717, 1.165) is 31.9 Å². The van der Waals surface area contributed by atoms with Crippen LogP contribution < -0.4 is 5.32 Å². The number of nitrogens with one attached hydrogen (secondary N) is 1. The van der Waals surface area contributed by atoms with Gasteiger partial charge in [0.05, 0.1) is 17.3 Å². The van der Waals surface area contributed by atoms with Gasteiger partial charge >= 0.3 is 0 Å². The van der Waals surface area contributed by atoms with E-state index in [2.05, 4.69) is 38.4 Å². The van der Waals surface area contributed by atoms with Gasteiger partial charge in [0, 0.05) is 29.5 Å². The summed E-state index contributed by atoms with van der Waals surface area (Å²) < 4.78 is 5.55. The van der Waals surface area contributed by atoms with Gasteiger partial charge in [0.15, 0.2) is 0 Å². The summed E-state index contributed by atoms with van der Waals surface area (Å²) in [5.74, 6) is 0. The largest absolute Gasteiger partial charge is 0.380 e. The van der Waals surface area contributed by atoms with Crippen LogP contribution in [0.5, 0.6) is 0 Å². The highest BCUT2D eigenvalue weighted by molar-refractivity contribution is 7.09. The zero-order valence-electron chi connectivity index (χ0n) is 11.9. The Kier molecular flexibility index (Phi) is 4.09. The van der Waals surface area contributed by atoms with Crippen LogP contribution in [0.3, 0.4) is 0 Å². The van der Waals surface area contributed by atoms with Gasteiger partial charge in [-0.15, -0.1) is 11.3 Å². The first-order valence-electron chi connectivity index (χ1n) is 6.67. The average molecular weight is 268 g/mol. The Morgan fingerprint density at radius 2 is 2.28 bits per heavy atom. The lowest BCUT2D eigenvalue weighted by molar-refractivity contribution is 0.0276. The molecule has 3 nitrogen and oxygen atoms in total. The Balaban J connectivity index is 1.92. The number of hydrogen-bond donors (Lipinski definition) is 1. The summed E-state index contributed by atoms with van der Waals surface area (Å²) in [5, 5.41) is 6.98. The second kappa shape index (κ2) is 5.27. The maximum absolute atomic E-state index is 5.55. The van der Waals surface area contributed by atoms with Crippen LogP contribution >= 0.6 is 11.3 Å². The zero-order chi connectivity index (χ0) is 13.2. The number of ether oxygens (including phenoxy) is 1. The summed E-state index contributed by atoms with van der Waals surface area (Å²) in [4.78, 5) is 4.71. The number of thiazole rings is 1. The molecule has 18 heavy (non-hydrogen) atoms. The van der Waals surface area contributed by atoms with Gasteiger partial charge in [0.2, 0.25) is 0 Å². The number of aromatic nitrogens is 1. The number of hydrogen-bond acceptors (Lipinski definition) is 4. The van der Waals surface area contributed by atoms with Crippen molar-refractivity contribution >= 4 is 11.3 Å². The third-order valence-electron chi connectivity index (χ3n) is 3.33. The van der Waals surface area contributed by atoms with Crippen molar-refractivity contribution in [3.8, 4) is 0 Å². The van der Waals surface area contributed by atoms with E-state index in [1.54, 1.807) is 11.3 Å². The molecular formula is C14H24N2OS. The van der Waals surface area contributed by atoms with Crippen LogP contribution in [-0.4, -0.2) is 23.7 Å². The summed E-state index contributed by atoms with van der Waals surface area (Å²) in [6.45, 7) is 11.4. The fraction of sp³-hybridized carbons (Fsp3) is 0.786. The molecule has 0 spiro atoms. The summed E-state index contributed by atoms with van der Waals surface area (Å²) >= 11 is 1.76. The average Bonchev–Trinajstić information content (AvgIpc) is 2.76. The fourth-order valence-corrected chi connectivity index (χ4v) is 3.02. The van der Waals surface area contributed by atoms with Crippen LogP contribution in [0, 0.1) is 0 Å². The Morgan fingerprint density at radius 3 is 2.83 bits per heavy atom. The lowest BCUT2D eigenvalue weighted by Gasteiger charge is -2.34. The molecule has 1 N–H and O–H groups in total. The molecule has 1 atom stereocenters. The Bertz CT molecular complexity index is 389. The van der Waals surface area contributed by atoms with Gasteiger partial charge in [-0.3, -0.25) is 0 Å². The van der Waals surface area contributed by atoms with Crippen LogP contribution in [0.4, 0.5) is 0 Å². The van der Waals surface area contributed by atoms with E-state index in [-0.39, 0.29) is 11.0 Å². The number of rotatable bonds is 3. The molecule has 0 saturated carbocycles. The Hall–Kier alpha value is -0.450. The molecule has 0 aliphatic carbocycles. The van der Waals surface area contributed by atoms with E-state index < -0.39 is 0 Å². The third-order valence-corrected chi connectivity index (χ3v) is 4.64. The first kappa shape index (κ1) is 14.0. The molecule has 2 rings (SSSR count). The third kappa shape index (κ3) is 3.53. The second-order valence-electron chi connectivity index (χ2n) is 6.46. The molecule has 4 heteroatoms. The van der Waals surface area contributed by atoms with Gasteiger partial charge in [-0.25, -0.2) is 4.98 Å². The second-order valence-corrected chi connectivity index (χ2v) is 7.32. The predicted molar refractivity (Wildman–Crippen MR) is 76.1 cm³/mol. The van der Waals surface area contributed by atoms with Crippen molar-refractivity contribution in [1.82, 2.24) is 10.3 Å². The van der Waals surface area contributed by atoms with Crippen LogP contribution in [-0.2, 0) is 16.7 Å². The summed E-state index contributed by atoms with van der Waals surface area (Å²) in [6, 6.07) is 0. The maximum atomic E-state index is 5.55. The van der Waals surface area contributed by atoms with Crippen LogP contribution in [0.2, 0.25) is 0 Å². The number of nitrogens with zero attached hydrogens (tertiary/aromatic N) is 1. The van der Waals surface area contributed by atoms with Crippen LogP contribution in [0.15, 0.2) is 5.38 Å². The van der Waals surface area contributed by atoms with Crippen LogP contribution in [0.25, 0.3) is 0 Å². The van der Waals surface area contributed by atoms with E-state index in [1.165, 1.54) is 11.4 Å². The van der Waals surface area contributed by atoms with Crippen molar-refractivity contribution in [2.24, 2.45) is 0 Å². The molecule has 1 unspecified atom stereocenters. The predicted octanol–water partition coefficient (Wildman–Crippen LogP) is 3.10. The highest BCUT2D eigenvalue weighted by atomic mass is 32.1. The normalized spacial score (nSPS) is 25.3. The van der Waals surface area contributed by atoms with Crippen molar-refractivity contribution in [3.05, 3.63) is 16.1 Å². The monoisotopic (exact) mass is 268 g/mol. The molecular weight excluding hydrogens is 244 g/mol. The minimum absolute atomic E-state index is 0.115. The van der Waals surface area contributed by atoms with E-state index in [0.29, 0.717) is 0 Å². The van der Waals surface area contributed by atoms with Gasteiger partial charge < -0.3 is 10.1 Å². The lowest BCUT2D eigenvalue weighted by Crippen LogP contribution is -2.48. The standard InChI is InChI=1S/C14H24N2OS/c1-13(2,3)12-16-11(9-18-12)8-15-14(4)6-5-7-17-10-14/h9,15H,5-8,10H2,1-4H3. The van der Waals surface area contributed by atoms with Crippen molar-refractivity contribution in [1.29, 1.82) is 0 Å². The molecule has 0 amide bonds. The SMILES string of the molecule is CC1(NCc2csc(C(C)(C)C)n2)CCCOC1.